The summed E-state index contributed by atoms with van der Waals surface area (Å²) in [5, 5.41) is 55.4. The van der Waals surface area contributed by atoms with Crippen molar-refractivity contribution in [2.45, 2.75) is 181 Å². The van der Waals surface area contributed by atoms with Gasteiger partial charge >= 0.3 is 0 Å². The highest BCUT2D eigenvalue weighted by Gasteiger charge is 2.59. The number of carbonyl (C=O) groups is 4. The number of ether oxygens (including phenoxy) is 2. The van der Waals surface area contributed by atoms with Gasteiger partial charge in [-0.05, 0) is 146 Å². The Bertz CT molecular complexity index is 3460. The normalized spacial score (nSPS) is 29.1. The summed E-state index contributed by atoms with van der Waals surface area (Å²) in [6, 6.07) is 21.7. The van der Waals surface area contributed by atoms with E-state index in [2.05, 4.69) is 57.5 Å². The smallest absolute Gasteiger partial charge is 0.253 e. The fraction of sp³-hybridized carbons (Fsp3) is 0.641. The molecule has 20 nitrogen and oxygen atoms in total. The summed E-state index contributed by atoms with van der Waals surface area (Å²) >= 11 is 0. The molecule has 4 bridgehead atoms. The molecular weight excluding hydrogens is 1240 g/mol. The second-order valence-electron chi connectivity index (χ2n) is 31.5. The van der Waals surface area contributed by atoms with Gasteiger partial charge in [-0.15, -0.1) is 0 Å². The van der Waals surface area contributed by atoms with Crippen LogP contribution in [0.5, 0.6) is 11.5 Å². The Labute approximate surface area is 582 Å². The summed E-state index contributed by atoms with van der Waals surface area (Å²) in [5.74, 6) is 3.04. The highest BCUT2D eigenvalue weighted by atomic mass is 16.7. The third-order valence-electron chi connectivity index (χ3n) is 24.3. The average molecular weight is 1360 g/mol. The van der Waals surface area contributed by atoms with Crippen LogP contribution in [0.1, 0.15) is 151 Å². The fourth-order valence-electron chi connectivity index (χ4n) is 18.2. The molecular formula is C78H114N8O12. The molecule has 13 rings (SSSR count). The monoisotopic (exact) mass is 1350 g/mol. The van der Waals surface area contributed by atoms with E-state index in [0.29, 0.717) is 81.4 Å². The van der Waals surface area contributed by atoms with Gasteiger partial charge in [-0.1, -0.05) is 110 Å². The number of fused-ring (bicyclic) bond motifs is 4. The number of amides is 4. The van der Waals surface area contributed by atoms with Crippen molar-refractivity contribution < 1.29 is 58.8 Å². The predicted molar refractivity (Wildman–Crippen MR) is 382 cm³/mol. The number of aliphatic hydroxyl groups is 4. The minimum atomic E-state index is -0.886. The number of hydrogen-bond acceptors (Lipinski definition) is 16. The van der Waals surface area contributed by atoms with E-state index in [1.165, 1.54) is 44.9 Å². The van der Waals surface area contributed by atoms with Crippen LogP contribution < -0.4 is 35.2 Å². The van der Waals surface area contributed by atoms with Gasteiger partial charge in [-0.2, -0.15) is 10.1 Å². The second-order valence-corrected chi connectivity index (χ2v) is 31.5. The molecule has 0 aromatic heterocycles. The topological polar surface area (TPSA) is 238 Å². The number of hydroxylamine groups is 4. The van der Waals surface area contributed by atoms with Crippen LogP contribution in [0.3, 0.4) is 0 Å². The molecule has 9 aliphatic rings. The summed E-state index contributed by atoms with van der Waals surface area (Å²) in [6.07, 6.45) is 8.44. The Balaban J connectivity index is 0.000000214. The van der Waals surface area contributed by atoms with Crippen LogP contribution in [0.25, 0.3) is 22.3 Å². The number of nitrogens with zero attached hydrogens (tertiary/aromatic N) is 5. The molecule has 0 radical (unpaired) electrons. The zero-order valence-corrected chi connectivity index (χ0v) is 61.1. The maximum absolute atomic E-state index is 14.2. The second kappa shape index (κ2) is 30.9. The first-order chi connectivity index (χ1) is 46.5. The van der Waals surface area contributed by atoms with Crippen LogP contribution in [-0.2, 0) is 32.4 Å². The summed E-state index contributed by atoms with van der Waals surface area (Å²) in [5.41, 5.74) is 8.29. The van der Waals surface area contributed by atoms with Crippen LogP contribution in [-0.4, -0.2) is 184 Å². The molecule has 4 aromatic rings. The van der Waals surface area contributed by atoms with Crippen molar-refractivity contribution in [2.75, 3.05) is 86.1 Å². The van der Waals surface area contributed by atoms with Gasteiger partial charge in [-0.25, -0.2) is 0 Å². The van der Waals surface area contributed by atoms with E-state index in [0.717, 1.165) is 64.0 Å². The predicted octanol–water partition coefficient (Wildman–Crippen LogP) is 9.58. The van der Waals surface area contributed by atoms with Crippen LogP contribution in [0.4, 0.5) is 11.4 Å². The van der Waals surface area contributed by atoms with E-state index in [9.17, 15) is 39.6 Å². The molecule has 2 heterocycles. The van der Waals surface area contributed by atoms with Gasteiger partial charge in [-0.3, -0.25) is 28.9 Å². The quantitative estimate of drug-likeness (QED) is 0.0366. The molecule has 98 heavy (non-hydrogen) atoms. The van der Waals surface area contributed by atoms with Crippen molar-refractivity contribution in [3.63, 3.8) is 0 Å². The minimum absolute atomic E-state index is 0.0504. The molecule has 7 saturated carbocycles. The molecule has 7 N–H and O–H groups in total. The van der Waals surface area contributed by atoms with Gasteiger partial charge in [0.2, 0.25) is 11.8 Å². The highest BCUT2D eigenvalue weighted by molar-refractivity contribution is 5.98. The fourth-order valence-corrected chi connectivity index (χ4v) is 18.2. The Kier molecular flexibility index (Phi) is 23.4. The van der Waals surface area contributed by atoms with Gasteiger partial charge < -0.3 is 60.5 Å². The van der Waals surface area contributed by atoms with Gasteiger partial charge in [0.05, 0.1) is 52.7 Å². The molecule has 2 aliphatic heterocycles. The summed E-state index contributed by atoms with van der Waals surface area (Å²) < 4.78 is 12.1. The van der Waals surface area contributed by atoms with E-state index in [1.54, 1.807) is 57.2 Å². The molecule has 0 spiro atoms. The molecule has 538 valence electrons. The number of benzene rings is 4. The third kappa shape index (κ3) is 15.1. The number of carbonyl (C=O) groups excluding carboxylic acids is 4. The Morgan fingerprint density at radius 1 is 0.612 bits per heavy atom. The number of para-hydroxylation sites is 2. The summed E-state index contributed by atoms with van der Waals surface area (Å²) in [6.45, 7) is 17.5. The Hall–Kier alpha value is -6.36. The lowest BCUT2D eigenvalue weighted by Crippen LogP contribution is -2.62. The molecule has 4 amide bonds. The molecule has 16 atom stereocenters. The van der Waals surface area contributed by atoms with Crippen molar-refractivity contribution in [3.05, 3.63) is 95.1 Å². The minimum Gasteiger partial charge on any atom is -0.496 e. The van der Waals surface area contributed by atoms with Crippen LogP contribution in [0.15, 0.2) is 72.8 Å². The van der Waals surface area contributed by atoms with E-state index in [-0.39, 0.29) is 62.0 Å². The van der Waals surface area contributed by atoms with Crippen LogP contribution in [0.2, 0.25) is 0 Å². The van der Waals surface area contributed by atoms with Gasteiger partial charge in [0.25, 0.3) is 11.8 Å². The van der Waals surface area contributed by atoms with Gasteiger partial charge in [0, 0.05) is 118 Å². The molecule has 2 saturated heterocycles. The van der Waals surface area contributed by atoms with Crippen molar-refractivity contribution >= 4 is 35.0 Å². The number of hydrogen-bond donors (Lipinski definition) is 7. The van der Waals surface area contributed by atoms with E-state index >= 15 is 0 Å². The zero-order valence-electron chi connectivity index (χ0n) is 61.1. The van der Waals surface area contributed by atoms with Gasteiger partial charge in [0.15, 0.2) is 0 Å². The maximum Gasteiger partial charge on any atom is 0.253 e. The number of rotatable bonds is 23. The average Bonchev–Trinajstić information content (AvgIpc) is 0.959. The molecule has 0 unspecified atom stereocenters. The third-order valence-corrected chi connectivity index (χ3v) is 24.3. The number of aliphatic hydroxyl groups excluding tert-OH is 4. The van der Waals surface area contributed by atoms with Crippen LogP contribution in [0, 0.1) is 64.1 Å². The largest absolute Gasteiger partial charge is 0.496 e. The lowest BCUT2D eigenvalue weighted by molar-refractivity contribution is -0.183. The first-order valence-corrected chi connectivity index (χ1v) is 36.1. The Morgan fingerprint density at radius 2 is 1.04 bits per heavy atom. The number of anilines is 2. The van der Waals surface area contributed by atoms with Crippen molar-refractivity contribution in [2.24, 2.45) is 64.1 Å². The van der Waals surface area contributed by atoms with E-state index in [1.807, 2.05) is 111 Å². The first-order valence-electron chi connectivity index (χ1n) is 36.1. The number of nitrogens with one attached hydrogen (secondary N) is 3. The number of methoxy groups -OCH3 is 2. The first kappa shape index (κ1) is 74.3. The van der Waals surface area contributed by atoms with Crippen molar-refractivity contribution in [1.82, 2.24) is 31.0 Å². The van der Waals surface area contributed by atoms with E-state index < -0.39 is 48.3 Å². The molecule has 9 fully saturated rings. The van der Waals surface area contributed by atoms with Crippen molar-refractivity contribution in [3.8, 4) is 33.8 Å². The zero-order chi connectivity index (χ0) is 71.0. The summed E-state index contributed by atoms with van der Waals surface area (Å²) in [7, 11) is 14.5. The summed E-state index contributed by atoms with van der Waals surface area (Å²) in [4.78, 5) is 72.8. The van der Waals surface area contributed by atoms with E-state index in [4.69, 9.17) is 19.1 Å². The lowest BCUT2D eigenvalue weighted by atomic mass is 9.45. The highest BCUT2D eigenvalue weighted by Crippen LogP contribution is 2.62. The van der Waals surface area contributed by atoms with Crippen LogP contribution >= 0.6 is 0 Å². The Morgan fingerprint density at radius 3 is 1.42 bits per heavy atom. The lowest BCUT2D eigenvalue weighted by Gasteiger charge is -2.62. The standard InChI is InChI=1S/C42H62N4O6.C36H52N4O6/c1-25-34-21-31(42(34,3)4)22-35(25)44-41(50)38-37(26(2)48)36(24-47)52-46(38)23-28-14-11-15-33(39(28)51-7)29-18-30(20-32(19-29)45(5)6)40(49)43-17-16-27-12-9-8-10-13-27;1-20-28-16-25(36(28,3)4)17-29(20)37-34(43)32-31(21(2)42)30(19-41)46-40(32)18-22-11-10-12-27(33(22)45-9)23-13-24(35(44)39(7)8)15-26(14-23)38(5)6/h11,14-15,18-20,25-27,31,34-38,47-48H,8-10,12-13,16-17,21-24H2,1-7H3,(H,43,49)(H,44,50);10-15,20-21,25,28-32,41-42H,16-19H2,1-9H3,(H,37,43)/t25-,26-,31+,34-,35-,36-,37-,38-;20-,21-,25+,28-,29-,30-,31-,32-/m00/s1. The SMILES string of the molecule is COc1c(CN2O[C@@H](CO)[C@H]([C@H](C)O)[C@H]2C(=O)N[C@H]2C[C@H]3C[C@@H]([C@@H]2C)C3(C)C)cccc1-c1cc(C(=O)N(C)C)cc(N(C)C)c1.COc1c(CN2O[C@@H](CO)[C@H]([C@H](C)O)[C@H]2C(=O)N[C@H]2C[C@H]3C[C@@H]([C@@H]2C)C3(C)C)cccc1-c1cc(C(=O)NCCC2CCCCC2)cc(N(C)C)c1. The molecule has 20 heteroatoms. The molecule has 4 aromatic carbocycles. The molecule has 7 aliphatic carbocycles. The van der Waals surface area contributed by atoms with Gasteiger partial charge in [0.1, 0.15) is 35.8 Å². The van der Waals surface area contributed by atoms with Crippen molar-refractivity contribution in [1.29, 1.82) is 0 Å². The maximum atomic E-state index is 14.2.